The van der Waals surface area contributed by atoms with E-state index in [1.807, 2.05) is 0 Å². The van der Waals surface area contributed by atoms with Crippen molar-refractivity contribution in [1.82, 2.24) is 5.32 Å². The first-order chi connectivity index (χ1) is 3.81. The molecule has 2 N–H and O–H groups in total. The van der Waals surface area contributed by atoms with E-state index in [-0.39, 0.29) is 27.8 Å². The molecule has 0 saturated heterocycles. The number of halogens is 2. The monoisotopic (exact) mass is 342 g/mol. The zero-order valence-electron chi connectivity index (χ0n) is 4.03. The molecule has 0 radical (unpaired) electrons. The van der Waals surface area contributed by atoms with Gasteiger partial charge in [-0.3, -0.25) is 0 Å². The molecule has 0 saturated carbocycles. The predicted octanol–water partition coefficient (Wildman–Crippen LogP) is -2.87. The van der Waals surface area contributed by atoms with Gasteiger partial charge in [0, 0.05) is 0 Å². The van der Waals surface area contributed by atoms with Gasteiger partial charge in [0.15, 0.2) is 0 Å². The van der Waals surface area contributed by atoms with Crippen molar-refractivity contribution in [1.29, 1.82) is 0 Å². The maximum atomic E-state index is 10.4. The van der Waals surface area contributed by atoms with Crippen LogP contribution in [0.3, 0.4) is 0 Å². The summed E-state index contributed by atoms with van der Waals surface area (Å²) in [4.78, 5) is 10.4. The number of rotatable bonds is 3. The second-order valence-corrected chi connectivity index (χ2v) is 5.12. The molecule has 0 unspecified atom stereocenters. The summed E-state index contributed by atoms with van der Waals surface area (Å²) in [7, 11) is 0. The van der Waals surface area contributed by atoms with E-state index in [0.29, 0.717) is 6.54 Å². The van der Waals surface area contributed by atoms with Crippen LogP contribution < -0.4 is 22.5 Å². The minimum absolute atomic E-state index is 0.0338. The first-order valence-electron chi connectivity index (χ1n) is 1.96. The summed E-state index contributed by atoms with van der Waals surface area (Å²) < 4.78 is 0.0819. The van der Waals surface area contributed by atoms with Gasteiger partial charge in [-0.05, 0) is 0 Å². The van der Waals surface area contributed by atoms with Crippen LogP contribution in [-0.2, 0) is 0 Å². The third-order valence-corrected chi connectivity index (χ3v) is 3.68. The second-order valence-electron chi connectivity index (χ2n) is 0.996. The van der Waals surface area contributed by atoms with Crippen LogP contribution in [0.4, 0.5) is 4.79 Å². The Labute approximate surface area is 67.7 Å². The number of carbonyl (C=O) groups excluding carboxylic acids is 1. The van der Waals surface area contributed by atoms with Gasteiger partial charge in [0.25, 0.3) is 0 Å². The Morgan fingerprint density at radius 3 is 2.88 bits per heavy atom. The van der Waals surface area contributed by atoms with Gasteiger partial charge < -0.3 is 0 Å². The van der Waals surface area contributed by atoms with E-state index < -0.39 is 0 Å². The normalized spacial score (nSPS) is 9.25. The van der Waals surface area contributed by atoms with Gasteiger partial charge >= 0.3 is 68.1 Å². The summed E-state index contributed by atoms with van der Waals surface area (Å²) in [5, 5.41) is 10.7. The molecule has 0 aliphatic heterocycles. The van der Waals surface area contributed by atoms with Crippen LogP contribution in [0.2, 0.25) is 0 Å². The molecule has 3 nitrogen and oxygen atoms in total. The third kappa shape index (κ3) is 5.04. The van der Waals surface area contributed by atoms with E-state index in [9.17, 15) is 4.79 Å². The molecule has 0 heterocycles. The Morgan fingerprint density at radius 1 is 1.88 bits per heavy atom. The summed E-state index contributed by atoms with van der Waals surface area (Å²) in [6.45, 7) is 0.424. The van der Waals surface area contributed by atoms with Gasteiger partial charge in [-0.25, -0.2) is 0 Å². The third-order valence-electron chi connectivity index (χ3n) is 0.441. The molecule has 0 rings (SSSR count). The van der Waals surface area contributed by atoms with E-state index >= 15 is 0 Å². The Bertz CT molecular complexity index is 77.7. The average molecular weight is 342 g/mol. The van der Waals surface area contributed by atoms with E-state index in [0.717, 1.165) is 0 Å². The number of hydrogen-bond acceptors (Lipinski definition) is 2. The second kappa shape index (κ2) is 6.02. The van der Waals surface area contributed by atoms with E-state index in [4.69, 9.17) is 5.11 Å². The van der Waals surface area contributed by atoms with Crippen molar-refractivity contribution in [3.05, 3.63) is 0 Å². The molecule has 0 atom stereocenters. The molecule has 0 aromatic rings. The van der Waals surface area contributed by atoms with Gasteiger partial charge in [-0.2, -0.15) is 0 Å². The molecular weight excluding hydrogens is 336 g/mol. The van der Waals surface area contributed by atoms with Crippen LogP contribution in [-0.4, -0.2) is 22.2 Å². The topological polar surface area (TPSA) is 49.3 Å². The Kier molecular flexibility index (Phi) is 6.69. The Morgan fingerprint density at radius 2 is 2.50 bits per heavy atom. The fourth-order valence-electron chi connectivity index (χ4n) is 0.179. The molecule has 0 aromatic heterocycles. The van der Waals surface area contributed by atoms with Crippen molar-refractivity contribution >= 4 is 22.5 Å². The number of carbonyl (C=O) groups is 1. The molecule has 0 aliphatic carbocycles. The number of amides is 1. The van der Waals surface area contributed by atoms with Crippen LogP contribution >= 0.6 is 18.6 Å². The van der Waals surface area contributed by atoms with Crippen molar-refractivity contribution in [3.63, 3.8) is 0 Å². The zero-order valence-corrected chi connectivity index (χ0v) is 8.34. The van der Waals surface area contributed by atoms with Gasteiger partial charge in [-0.1, -0.05) is 0 Å². The molecule has 8 heavy (non-hydrogen) atoms. The van der Waals surface area contributed by atoms with Crippen molar-refractivity contribution in [3.8, 4) is 0 Å². The van der Waals surface area contributed by atoms with Crippen LogP contribution in [0, 0.1) is 0 Å². The molecule has 0 bridgehead atoms. The molecule has 0 fully saturated rings. The molecular formula is C3H6I2NO2-. The quantitative estimate of drug-likeness (QED) is 0.329. The average Bonchev–Trinajstić information content (AvgIpc) is 1.83. The SMILES string of the molecule is O=C(NCCO)[I-]I. The first-order valence-corrected chi connectivity index (χ1v) is 9.32. The van der Waals surface area contributed by atoms with Crippen LogP contribution in [0.5, 0.6) is 0 Å². The van der Waals surface area contributed by atoms with E-state index in [1.54, 1.807) is 0 Å². The summed E-state index contributed by atoms with van der Waals surface area (Å²) >= 11 is 1.71. The van der Waals surface area contributed by atoms with Crippen LogP contribution in [0.15, 0.2) is 0 Å². The Hall–Kier alpha value is 0.890. The summed E-state index contributed by atoms with van der Waals surface area (Å²) in [6.07, 6.45) is 0. The molecule has 5 heteroatoms. The van der Waals surface area contributed by atoms with Crippen LogP contribution in [0.25, 0.3) is 0 Å². The molecule has 1 amide bonds. The molecule has 50 valence electrons. The fourth-order valence-corrected chi connectivity index (χ4v) is 1.56. The molecule has 0 spiro atoms. The number of aliphatic hydroxyl groups excluding tert-OH is 1. The Balaban J connectivity index is 2.99. The van der Waals surface area contributed by atoms with Crippen molar-refractivity contribution in [2.24, 2.45) is 0 Å². The van der Waals surface area contributed by atoms with Crippen LogP contribution in [0.1, 0.15) is 0 Å². The standard InChI is InChI=1S/C3H6I2NO2/c4-5-3(8)6-1-2-7/h7H,1-2H2,(H,6,8)/q-1. The summed E-state index contributed by atoms with van der Waals surface area (Å²) in [5.41, 5.74) is 0. The fraction of sp³-hybridized carbons (Fsp3) is 0.667. The predicted molar refractivity (Wildman–Crippen MR) is 34.5 cm³/mol. The van der Waals surface area contributed by atoms with Gasteiger partial charge in [-0.15, -0.1) is 0 Å². The van der Waals surface area contributed by atoms with Crippen molar-refractivity contribution in [2.75, 3.05) is 13.2 Å². The van der Waals surface area contributed by atoms with Gasteiger partial charge in [0.05, 0.1) is 0 Å². The van der Waals surface area contributed by atoms with Gasteiger partial charge in [0.1, 0.15) is 0 Å². The van der Waals surface area contributed by atoms with E-state index in [1.165, 1.54) is 0 Å². The first kappa shape index (κ1) is 8.89. The number of hydrogen-bond donors (Lipinski definition) is 2. The van der Waals surface area contributed by atoms with E-state index in [2.05, 4.69) is 23.9 Å². The molecule has 0 aromatic carbocycles. The maximum absolute atomic E-state index is 10.4. The summed E-state index contributed by atoms with van der Waals surface area (Å²) in [5.74, 6) is 0. The zero-order chi connectivity index (χ0) is 6.41. The van der Waals surface area contributed by atoms with Crippen molar-refractivity contribution < 1.29 is 27.1 Å². The number of aliphatic hydroxyl groups is 1. The van der Waals surface area contributed by atoms with Gasteiger partial charge in [0.2, 0.25) is 0 Å². The number of nitrogens with one attached hydrogen (secondary N) is 1. The molecule has 0 aliphatic rings. The summed E-state index contributed by atoms with van der Waals surface area (Å²) in [6, 6.07) is 0. The minimum atomic E-state index is -0.359. The van der Waals surface area contributed by atoms with Crippen molar-refractivity contribution in [2.45, 2.75) is 0 Å².